The van der Waals surface area contributed by atoms with E-state index in [0.29, 0.717) is 31.3 Å². The van der Waals surface area contributed by atoms with E-state index in [1.807, 2.05) is 12.1 Å². The summed E-state index contributed by atoms with van der Waals surface area (Å²) < 4.78 is 21.0. The fourth-order valence-corrected chi connectivity index (χ4v) is 3.43. The number of fused-ring (bicyclic) bond motifs is 1. The van der Waals surface area contributed by atoms with Gasteiger partial charge in [-0.05, 0) is 43.5 Å². The third-order valence-corrected chi connectivity index (χ3v) is 4.69. The Morgan fingerprint density at radius 1 is 1.04 bits per heavy atom. The van der Waals surface area contributed by atoms with Crippen molar-refractivity contribution in [2.24, 2.45) is 0 Å². The number of carbonyl (C=O) groups excluding carboxylic acids is 2. The predicted octanol–water partition coefficient (Wildman–Crippen LogP) is 2.51. The van der Waals surface area contributed by atoms with Gasteiger partial charge in [-0.1, -0.05) is 0 Å². The van der Waals surface area contributed by atoms with Crippen molar-refractivity contribution in [1.29, 1.82) is 0 Å². The molecule has 0 saturated carbocycles. The van der Waals surface area contributed by atoms with Gasteiger partial charge in [-0.2, -0.15) is 0 Å². The summed E-state index contributed by atoms with van der Waals surface area (Å²) in [6.07, 6.45) is 1.31. The smallest absolute Gasteiger partial charge is 0.307 e. The summed E-state index contributed by atoms with van der Waals surface area (Å²) >= 11 is 0. The van der Waals surface area contributed by atoms with E-state index in [9.17, 15) is 9.59 Å². The van der Waals surface area contributed by atoms with E-state index in [-0.39, 0.29) is 30.8 Å². The van der Waals surface area contributed by atoms with Crippen molar-refractivity contribution in [1.82, 2.24) is 4.90 Å². The number of esters is 2. The van der Waals surface area contributed by atoms with Gasteiger partial charge in [0.2, 0.25) is 0 Å². The minimum absolute atomic E-state index is 0.179. The Labute approximate surface area is 160 Å². The molecule has 2 rings (SSSR count). The van der Waals surface area contributed by atoms with Gasteiger partial charge in [-0.3, -0.25) is 14.5 Å². The van der Waals surface area contributed by atoms with Crippen LogP contribution in [0.1, 0.15) is 43.9 Å². The number of hydrogen-bond acceptors (Lipinski definition) is 7. The first-order valence-electron chi connectivity index (χ1n) is 9.34. The first-order chi connectivity index (χ1) is 13.0. The van der Waals surface area contributed by atoms with E-state index >= 15 is 0 Å². The zero-order chi connectivity index (χ0) is 19.8. The highest BCUT2D eigenvalue weighted by Gasteiger charge is 2.31. The average molecular weight is 379 g/mol. The van der Waals surface area contributed by atoms with Crippen LogP contribution in [0.5, 0.6) is 11.5 Å². The van der Waals surface area contributed by atoms with Crippen molar-refractivity contribution in [3.8, 4) is 11.5 Å². The fourth-order valence-electron chi connectivity index (χ4n) is 3.43. The number of ether oxygens (including phenoxy) is 4. The Morgan fingerprint density at radius 2 is 1.67 bits per heavy atom. The monoisotopic (exact) mass is 379 g/mol. The lowest BCUT2D eigenvalue weighted by Crippen LogP contribution is -2.38. The molecular formula is C20H29NO6. The van der Waals surface area contributed by atoms with Gasteiger partial charge in [-0.15, -0.1) is 0 Å². The van der Waals surface area contributed by atoms with Crippen LogP contribution in [0.3, 0.4) is 0 Å². The molecule has 0 radical (unpaired) electrons. The van der Waals surface area contributed by atoms with Crippen LogP contribution < -0.4 is 9.47 Å². The third kappa shape index (κ3) is 5.35. The normalized spacial score (nSPS) is 16.4. The van der Waals surface area contributed by atoms with Gasteiger partial charge in [-0.25, -0.2) is 0 Å². The molecule has 27 heavy (non-hydrogen) atoms. The van der Waals surface area contributed by atoms with E-state index in [1.54, 1.807) is 28.1 Å². The summed E-state index contributed by atoms with van der Waals surface area (Å²) in [5, 5.41) is 0. The molecule has 1 aliphatic heterocycles. The molecule has 1 aromatic carbocycles. The number of benzene rings is 1. The van der Waals surface area contributed by atoms with Crippen LogP contribution in [0.15, 0.2) is 12.1 Å². The molecule has 0 N–H and O–H groups in total. The summed E-state index contributed by atoms with van der Waals surface area (Å²) in [5.41, 5.74) is 2.13. The van der Waals surface area contributed by atoms with E-state index < -0.39 is 0 Å². The highest BCUT2D eigenvalue weighted by atomic mass is 16.5. The molecular weight excluding hydrogens is 350 g/mol. The zero-order valence-corrected chi connectivity index (χ0v) is 16.6. The van der Waals surface area contributed by atoms with Crippen molar-refractivity contribution in [3.05, 3.63) is 23.3 Å². The molecule has 1 unspecified atom stereocenters. The van der Waals surface area contributed by atoms with Crippen LogP contribution in [0, 0.1) is 0 Å². The minimum atomic E-state index is -0.258. The quantitative estimate of drug-likeness (QED) is 0.610. The van der Waals surface area contributed by atoms with Gasteiger partial charge in [0.05, 0.1) is 40.3 Å². The van der Waals surface area contributed by atoms with Crippen LogP contribution in [0.2, 0.25) is 0 Å². The SMILES string of the molecule is CCOC(=O)CCN1CCc2cc(OC)c(OC)cc2C1CC(=O)OCC. The lowest BCUT2D eigenvalue weighted by Gasteiger charge is -2.37. The zero-order valence-electron chi connectivity index (χ0n) is 16.6. The minimum Gasteiger partial charge on any atom is -0.493 e. The van der Waals surface area contributed by atoms with Crippen LogP contribution in [-0.2, 0) is 25.5 Å². The first kappa shape index (κ1) is 21.0. The predicted molar refractivity (Wildman–Crippen MR) is 100 cm³/mol. The van der Waals surface area contributed by atoms with Gasteiger partial charge in [0.15, 0.2) is 11.5 Å². The second-order valence-corrected chi connectivity index (χ2v) is 6.27. The van der Waals surface area contributed by atoms with Crippen LogP contribution >= 0.6 is 0 Å². The van der Waals surface area contributed by atoms with Crippen molar-refractivity contribution >= 4 is 11.9 Å². The second-order valence-electron chi connectivity index (χ2n) is 6.27. The van der Waals surface area contributed by atoms with E-state index in [2.05, 4.69) is 4.90 Å². The summed E-state index contributed by atoms with van der Waals surface area (Å²) in [7, 11) is 3.20. The molecule has 0 bridgehead atoms. The Balaban J connectivity index is 2.28. The molecule has 0 amide bonds. The molecule has 1 aromatic rings. The maximum Gasteiger partial charge on any atom is 0.307 e. The molecule has 0 aromatic heterocycles. The lowest BCUT2D eigenvalue weighted by molar-refractivity contribution is -0.145. The standard InChI is InChI=1S/C20H29NO6/c1-5-26-19(22)8-10-21-9-7-14-11-17(24-3)18(25-4)12-15(14)16(21)13-20(23)27-6-2/h11-12,16H,5-10,13H2,1-4H3. The molecule has 1 aliphatic rings. The maximum atomic E-state index is 12.2. The van der Waals surface area contributed by atoms with Crippen molar-refractivity contribution in [2.45, 2.75) is 39.2 Å². The lowest BCUT2D eigenvalue weighted by atomic mass is 9.90. The second kappa shape index (κ2) is 10.2. The number of nitrogens with zero attached hydrogens (tertiary/aromatic N) is 1. The van der Waals surface area contributed by atoms with Crippen molar-refractivity contribution < 1.29 is 28.5 Å². The molecule has 7 heteroatoms. The first-order valence-corrected chi connectivity index (χ1v) is 9.34. The molecule has 0 spiro atoms. The molecule has 7 nitrogen and oxygen atoms in total. The Hall–Kier alpha value is -2.28. The molecule has 0 aliphatic carbocycles. The van der Waals surface area contributed by atoms with Crippen LogP contribution in [0.4, 0.5) is 0 Å². The summed E-state index contributed by atoms with van der Waals surface area (Å²) in [4.78, 5) is 26.1. The Bertz CT molecular complexity index is 660. The highest BCUT2D eigenvalue weighted by Crippen LogP contribution is 2.39. The molecule has 1 atom stereocenters. The molecule has 0 fully saturated rings. The summed E-state index contributed by atoms with van der Waals surface area (Å²) in [6, 6.07) is 3.71. The maximum absolute atomic E-state index is 12.2. The topological polar surface area (TPSA) is 74.3 Å². The fraction of sp³-hybridized carbons (Fsp3) is 0.600. The van der Waals surface area contributed by atoms with E-state index in [4.69, 9.17) is 18.9 Å². The molecule has 1 heterocycles. The van der Waals surface area contributed by atoms with Crippen LogP contribution in [0.25, 0.3) is 0 Å². The van der Waals surface area contributed by atoms with Crippen molar-refractivity contribution in [2.75, 3.05) is 40.5 Å². The van der Waals surface area contributed by atoms with Crippen molar-refractivity contribution in [3.63, 3.8) is 0 Å². The summed E-state index contributed by atoms with van der Waals surface area (Å²) in [6.45, 7) is 5.55. The Kier molecular flexibility index (Phi) is 7.91. The number of carbonyl (C=O) groups is 2. The average Bonchev–Trinajstić information content (AvgIpc) is 2.66. The van der Waals surface area contributed by atoms with E-state index in [0.717, 1.165) is 24.1 Å². The van der Waals surface area contributed by atoms with Crippen LogP contribution in [-0.4, -0.2) is 57.4 Å². The summed E-state index contributed by atoms with van der Waals surface area (Å²) in [5.74, 6) is 0.806. The Morgan fingerprint density at radius 3 is 2.30 bits per heavy atom. The van der Waals surface area contributed by atoms with Gasteiger partial charge in [0, 0.05) is 19.1 Å². The molecule has 150 valence electrons. The third-order valence-electron chi connectivity index (χ3n) is 4.69. The van der Waals surface area contributed by atoms with Gasteiger partial charge in [0.1, 0.15) is 0 Å². The van der Waals surface area contributed by atoms with Gasteiger partial charge >= 0.3 is 11.9 Å². The number of hydrogen-bond donors (Lipinski definition) is 0. The largest absolute Gasteiger partial charge is 0.493 e. The number of rotatable bonds is 9. The van der Waals surface area contributed by atoms with Gasteiger partial charge in [0.25, 0.3) is 0 Å². The molecule has 0 saturated heterocycles. The number of methoxy groups -OCH3 is 2. The highest BCUT2D eigenvalue weighted by molar-refractivity contribution is 5.71. The van der Waals surface area contributed by atoms with E-state index in [1.165, 1.54) is 0 Å². The van der Waals surface area contributed by atoms with Gasteiger partial charge < -0.3 is 18.9 Å².